The predicted molar refractivity (Wildman–Crippen MR) is 103 cm³/mol. The molecule has 0 atom stereocenters. The highest BCUT2D eigenvalue weighted by Gasteiger charge is 2.37. The second kappa shape index (κ2) is 8.16. The van der Waals surface area contributed by atoms with Crippen LogP contribution in [0.15, 0.2) is 67.3 Å². The summed E-state index contributed by atoms with van der Waals surface area (Å²) < 4.78 is 15.2. The lowest BCUT2D eigenvalue weighted by Crippen LogP contribution is -2.43. The van der Waals surface area contributed by atoms with E-state index in [2.05, 4.69) is 11.9 Å². The van der Waals surface area contributed by atoms with E-state index >= 15 is 4.39 Å². The zero-order chi connectivity index (χ0) is 19.3. The van der Waals surface area contributed by atoms with Gasteiger partial charge in [0.05, 0.1) is 0 Å². The Morgan fingerprint density at radius 3 is 2.30 bits per heavy atom. The van der Waals surface area contributed by atoms with Crippen LogP contribution in [0.2, 0.25) is 0 Å². The zero-order valence-corrected chi connectivity index (χ0v) is 15.2. The Hall–Kier alpha value is -2.95. The quantitative estimate of drug-likeness (QED) is 0.822. The van der Waals surface area contributed by atoms with Crippen LogP contribution >= 0.6 is 0 Å². The molecule has 2 amide bonds. The maximum absolute atomic E-state index is 15.2. The van der Waals surface area contributed by atoms with Crippen molar-refractivity contribution < 1.29 is 14.0 Å². The largest absolute Gasteiger partial charge is 0.348 e. The number of likely N-dealkylation sites (tertiary alicyclic amines) is 1. The van der Waals surface area contributed by atoms with Gasteiger partial charge in [-0.15, -0.1) is 0 Å². The lowest BCUT2D eigenvalue weighted by Gasteiger charge is -2.36. The van der Waals surface area contributed by atoms with Gasteiger partial charge in [0.15, 0.2) is 0 Å². The van der Waals surface area contributed by atoms with Gasteiger partial charge in [-0.05, 0) is 29.3 Å². The first-order chi connectivity index (χ1) is 13.0. The first-order valence-electron chi connectivity index (χ1n) is 9.05. The molecule has 27 heavy (non-hydrogen) atoms. The van der Waals surface area contributed by atoms with Gasteiger partial charge in [-0.3, -0.25) is 9.59 Å². The van der Waals surface area contributed by atoms with Crippen molar-refractivity contribution in [1.29, 1.82) is 0 Å². The lowest BCUT2D eigenvalue weighted by atomic mass is 9.86. The maximum Gasteiger partial charge on any atom is 0.253 e. The molecule has 1 heterocycles. The second-order valence-corrected chi connectivity index (χ2v) is 6.74. The second-order valence-electron chi connectivity index (χ2n) is 6.74. The zero-order valence-electron chi connectivity index (χ0n) is 15.2. The number of rotatable bonds is 5. The Morgan fingerprint density at radius 2 is 1.70 bits per heavy atom. The van der Waals surface area contributed by atoms with Crippen LogP contribution in [0.3, 0.4) is 0 Å². The monoisotopic (exact) mass is 366 g/mol. The van der Waals surface area contributed by atoms with E-state index in [0.29, 0.717) is 43.6 Å². The summed E-state index contributed by atoms with van der Waals surface area (Å²) >= 11 is 0. The first-order valence-corrected chi connectivity index (χ1v) is 9.05. The number of carbonyl (C=O) groups excluding carboxylic acids is 2. The van der Waals surface area contributed by atoms with Crippen LogP contribution in [0.25, 0.3) is 0 Å². The molecule has 140 valence electrons. The number of halogens is 1. The molecule has 1 saturated heterocycles. The van der Waals surface area contributed by atoms with Gasteiger partial charge in [-0.25, -0.2) is 4.39 Å². The summed E-state index contributed by atoms with van der Waals surface area (Å²) in [7, 11) is 0. The Bertz CT molecular complexity index is 810. The minimum Gasteiger partial charge on any atom is -0.348 e. The van der Waals surface area contributed by atoms with E-state index in [0.717, 1.165) is 5.56 Å². The minimum absolute atomic E-state index is 0.0909. The van der Waals surface area contributed by atoms with Crippen LogP contribution in [0.4, 0.5) is 4.39 Å². The summed E-state index contributed by atoms with van der Waals surface area (Å²) in [6.07, 6.45) is 1.82. The van der Waals surface area contributed by atoms with E-state index < -0.39 is 5.67 Å². The van der Waals surface area contributed by atoms with Crippen molar-refractivity contribution in [2.75, 3.05) is 13.1 Å². The topological polar surface area (TPSA) is 49.4 Å². The third-order valence-corrected chi connectivity index (χ3v) is 4.99. The number of nitrogens with one attached hydrogen (secondary N) is 1. The van der Waals surface area contributed by atoms with Gasteiger partial charge in [-0.1, -0.05) is 49.0 Å². The average molecular weight is 366 g/mol. The summed E-state index contributed by atoms with van der Waals surface area (Å²) in [5.41, 5.74) is 0.778. The van der Waals surface area contributed by atoms with Gasteiger partial charge in [0.1, 0.15) is 5.67 Å². The van der Waals surface area contributed by atoms with Crippen molar-refractivity contribution in [3.05, 3.63) is 83.9 Å². The van der Waals surface area contributed by atoms with Gasteiger partial charge in [0.2, 0.25) is 5.91 Å². The highest BCUT2D eigenvalue weighted by molar-refractivity contribution is 5.94. The van der Waals surface area contributed by atoms with Crippen molar-refractivity contribution in [1.82, 2.24) is 10.2 Å². The van der Waals surface area contributed by atoms with E-state index in [1.54, 1.807) is 29.2 Å². The van der Waals surface area contributed by atoms with E-state index in [1.165, 1.54) is 6.08 Å². The van der Waals surface area contributed by atoms with Gasteiger partial charge in [0.25, 0.3) is 5.91 Å². The molecule has 2 aromatic rings. The van der Waals surface area contributed by atoms with Gasteiger partial charge in [0, 0.05) is 38.0 Å². The minimum atomic E-state index is -1.37. The molecule has 0 aromatic heterocycles. The molecule has 4 nitrogen and oxygen atoms in total. The Morgan fingerprint density at radius 1 is 1.07 bits per heavy atom. The van der Waals surface area contributed by atoms with Crippen molar-refractivity contribution in [3.8, 4) is 0 Å². The SMILES string of the molecule is C=CC(=O)NCc1ccc(C(=O)N2CCC(F)(c3ccccc3)CC2)cc1. The molecule has 0 unspecified atom stereocenters. The van der Waals surface area contributed by atoms with Crippen LogP contribution in [0.5, 0.6) is 0 Å². The van der Waals surface area contributed by atoms with Crippen molar-refractivity contribution >= 4 is 11.8 Å². The predicted octanol–water partition coefficient (Wildman–Crippen LogP) is 3.59. The lowest BCUT2D eigenvalue weighted by molar-refractivity contribution is -0.116. The summed E-state index contributed by atoms with van der Waals surface area (Å²) in [4.78, 5) is 25.6. The maximum atomic E-state index is 15.2. The fourth-order valence-corrected chi connectivity index (χ4v) is 3.30. The fraction of sp³-hybridized carbons (Fsp3) is 0.273. The Labute approximate surface area is 158 Å². The highest BCUT2D eigenvalue weighted by atomic mass is 19.1. The molecule has 0 aliphatic carbocycles. The highest BCUT2D eigenvalue weighted by Crippen LogP contribution is 2.37. The summed E-state index contributed by atoms with van der Waals surface area (Å²) in [5, 5.41) is 2.69. The average Bonchev–Trinajstić information content (AvgIpc) is 2.73. The van der Waals surface area contributed by atoms with E-state index in [4.69, 9.17) is 0 Å². The number of nitrogens with zero attached hydrogens (tertiary/aromatic N) is 1. The van der Waals surface area contributed by atoms with Crippen molar-refractivity contribution in [3.63, 3.8) is 0 Å². The molecule has 0 radical (unpaired) electrons. The number of benzene rings is 2. The molecule has 0 saturated carbocycles. The number of hydrogen-bond acceptors (Lipinski definition) is 2. The number of hydrogen-bond donors (Lipinski definition) is 1. The molecule has 5 heteroatoms. The summed E-state index contributed by atoms with van der Waals surface area (Å²) in [6, 6.07) is 16.3. The van der Waals surface area contributed by atoms with E-state index in [9.17, 15) is 9.59 Å². The van der Waals surface area contributed by atoms with Crippen LogP contribution in [0, 0.1) is 0 Å². The molecule has 1 fully saturated rings. The van der Waals surface area contributed by atoms with Crippen LogP contribution in [-0.2, 0) is 17.0 Å². The van der Waals surface area contributed by atoms with Gasteiger partial charge in [-0.2, -0.15) is 0 Å². The molecule has 3 rings (SSSR count). The Balaban J connectivity index is 1.59. The molecule has 1 aliphatic rings. The standard InChI is InChI=1S/C22H23FN2O2/c1-2-20(26)24-16-17-8-10-18(11-9-17)21(27)25-14-12-22(23,13-15-25)19-6-4-3-5-7-19/h2-11H,1,12-16H2,(H,24,26). The molecule has 2 aromatic carbocycles. The summed E-state index contributed by atoms with van der Waals surface area (Å²) in [6.45, 7) is 4.56. The van der Waals surface area contributed by atoms with Crippen molar-refractivity contribution in [2.45, 2.75) is 25.1 Å². The number of carbonyl (C=O) groups is 2. The molecule has 0 bridgehead atoms. The molecule has 1 aliphatic heterocycles. The molecular weight excluding hydrogens is 343 g/mol. The van der Waals surface area contributed by atoms with E-state index in [-0.39, 0.29) is 11.8 Å². The number of piperidine rings is 1. The third-order valence-electron chi connectivity index (χ3n) is 4.99. The van der Waals surface area contributed by atoms with Crippen molar-refractivity contribution in [2.24, 2.45) is 0 Å². The van der Waals surface area contributed by atoms with Crippen LogP contribution in [-0.4, -0.2) is 29.8 Å². The molecule has 0 spiro atoms. The summed E-state index contributed by atoms with van der Waals surface area (Å²) in [5.74, 6) is -0.330. The number of alkyl halides is 1. The Kier molecular flexibility index (Phi) is 5.69. The van der Waals surface area contributed by atoms with E-state index in [1.807, 2.05) is 30.3 Å². The molecule has 1 N–H and O–H groups in total. The van der Waals surface area contributed by atoms with Gasteiger partial charge < -0.3 is 10.2 Å². The smallest absolute Gasteiger partial charge is 0.253 e. The number of amides is 2. The molecular formula is C22H23FN2O2. The van der Waals surface area contributed by atoms with Crippen LogP contribution in [0.1, 0.15) is 34.3 Å². The first kappa shape index (κ1) is 18.8. The van der Waals surface area contributed by atoms with Crippen LogP contribution < -0.4 is 5.32 Å². The third kappa shape index (κ3) is 4.42. The fourth-order valence-electron chi connectivity index (χ4n) is 3.30. The normalized spacial score (nSPS) is 15.8. The van der Waals surface area contributed by atoms with Gasteiger partial charge >= 0.3 is 0 Å².